The second-order valence-corrected chi connectivity index (χ2v) is 3.58. The van der Waals surface area contributed by atoms with Gasteiger partial charge in [0.15, 0.2) is 0 Å². The summed E-state index contributed by atoms with van der Waals surface area (Å²) in [7, 11) is 0. The number of nitrogens with two attached hydrogens (primary N) is 1. The van der Waals surface area contributed by atoms with Gasteiger partial charge in [-0.25, -0.2) is 0 Å². The summed E-state index contributed by atoms with van der Waals surface area (Å²) < 4.78 is 0. The first-order chi connectivity index (χ1) is 5.36. The molecule has 0 fully saturated rings. The van der Waals surface area contributed by atoms with E-state index in [-0.39, 0.29) is 0 Å². The third-order valence-corrected chi connectivity index (χ3v) is 2.72. The van der Waals surface area contributed by atoms with E-state index in [0.717, 1.165) is 5.92 Å². The van der Waals surface area contributed by atoms with Crippen LogP contribution >= 0.6 is 0 Å². The van der Waals surface area contributed by atoms with Gasteiger partial charge in [-0.1, -0.05) is 18.2 Å². The van der Waals surface area contributed by atoms with Crippen molar-refractivity contribution in [3.8, 4) is 0 Å². The molecule has 2 atom stereocenters. The molecule has 2 aliphatic rings. The molecule has 2 unspecified atom stereocenters. The van der Waals surface area contributed by atoms with E-state index in [0.29, 0.717) is 6.04 Å². The number of fused-ring (bicyclic) bond motifs is 1. The molecule has 2 rings (SSSR count). The molecule has 0 amide bonds. The molecule has 1 nitrogen and oxygen atoms in total. The maximum absolute atomic E-state index is 5.83. The van der Waals surface area contributed by atoms with E-state index in [4.69, 9.17) is 5.73 Å². The molecule has 0 spiro atoms. The van der Waals surface area contributed by atoms with Gasteiger partial charge in [-0.05, 0) is 37.2 Å². The van der Waals surface area contributed by atoms with E-state index >= 15 is 0 Å². The van der Waals surface area contributed by atoms with Crippen molar-refractivity contribution in [1.29, 1.82) is 0 Å². The lowest BCUT2D eigenvalue weighted by molar-refractivity contribution is 0.458. The summed E-state index contributed by atoms with van der Waals surface area (Å²) in [5.41, 5.74) is 7.33. The van der Waals surface area contributed by atoms with Crippen LogP contribution < -0.4 is 5.73 Å². The molecule has 60 valence electrons. The first-order valence-electron chi connectivity index (χ1n) is 4.50. The van der Waals surface area contributed by atoms with Crippen LogP contribution in [0.5, 0.6) is 0 Å². The van der Waals surface area contributed by atoms with Gasteiger partial charge in [0.25, 0.3) is 0 Å². The fourth-order valence-electron chi connectivity index (χ4n) is 2.05. The first kappa shape index (κ1) is 7.11. The highest BCUT2D eigenvalue weighted by Crippen LogP contribution is 2.32. The van der Waals surface area contributed by atoms with Crippen molar-refractivity contribution in [1.82, 2.24) is 0 Å². The van der Waals surface area contributed by atoms with Crippen LogP contribution in [0.1, 0.15) is 25.7 Å². The third-order valence-electron chi connectivity index (χ3n) is 2.72. The van der Waals surface area contributed by atoms with Gasteiger partial charge in [-0.3, -0.25) is 0 Å². The van der Waals surface area contributed by atoms with E-state index in [1.54, 1.807) is 0 Å². The van der Waals surface area contributed by atoms with Gasteiger partial charge in [0.2, 0.25) is 0 Å². The molecule has 0 aromatic carbocycles. The Bertz CT molecular complexity index is 203. The largest absolute Gasteiger partial charge is 0.324 e. The predicted octanol–water partition coefficient (Wildman–Crippen LogP) is 2.00. The Morgan fingerprint density at radius 1 is 1.27 bits per heavy atom. The average Bonchev–Trinajstić information content (AvgIpc) is 2.04. The maximum Gasteiger partial charge on any atom is 0.0229 e. The first-order valence-corrected chi connectivity index (χ1v) is 4.50. The summed E-state index contributed by atoms with van der Waals surface area (Å²) >= 11 is 0. The lowest BCUT2D eigenvalue weighted by atomic mass is 9.80. The normalized spacial score (nSPS) is 36.3. The number of hydrogen-bond acceptors (Lipinski definition) is 1. The highest BCUT2D eigenvalue weighted by molar-refractivity contribution is 5.28. The van der Waals surface area contributed by atoms with Crippen molar-refractivity contribution in [2.75, 3.05) is 0 Å². The van der Waals surface area contributed by atoms with Crippen molar-refractivity contribution >= 4 is 0 Å². The minimum absolute atomic E-state index is 0.323. The van der Waals surface area contributed by atoms with Gasteiger partial charge < -0.3 is 5.73 Å². The molecule has 11 heavy (non-hydrogen) atoms. The average molecular weight is 149 g/mol. The zero-order chi connectivity index (χ0) is 7.68. The quantitative estimate of drug-likeness (QED) is 0.560. The lowest BCUT2D eigenvalue weighted by Gasteiger charge is -2.27. The van der Waals surface area contributed by atoms with E-state index in [1.807, 2.05) is 0 Å². The van der Waals surface area contributed by atoms with Crippen LogP contribution in [-0.2, 0) is 0 Å². The van der Waals surface area contributed by atoms with E-state index in [1.165, 1.54) is 31.3 Å². The van der Waals surface area contributed by atoms with Gasteiger partial charge in [-0.2, -0.15) is 0 Å². The molecule has 0 heterocycles. The summed E-state index contributed by atoms with van der Waals surface area (Å²) in [6.07, 6.45) is 11.9. The monoisotopic (exact) mass is 149 g/mol. The standard InChI is InChI=1S/C10H15N/c11-10-6-5-8-3-1-2-4-9(8)7-10/h2,4,7-8,10H,1,3,5-6,11H2. The zero-order valence-electron chi connectivity index (χ0n) is 6.79. The van der Waals surface area contributed by atoms with Crippen LogP contribution in [0.25, 0.3) is 0 Å². The van der Waals surface area contributed by atoms with Crippen LogP contribution in [0.2, 0.25) is 0 Å². The van der Waals surface area contributed by atoms with Gasteiger partial charge in [0.05, 0.1) is 0 Å². The zero-order valence-corrected chi connectivity index (χ0v) is 6.79. The molecular formula is C10H15N. The van der Waals surface area contributed by atoms with Crippen molar-refractivity contribution < 1.29 is 0 Å². The summed E-state index contributed by atoms with van der Waals surface area (Å²) in [4.78, 5) is 0. The van der Waals surface area contributed by atoms with E-state index in [9.17, 15) is 0 Å². The molecule has 0 radical (unpaired) electrons. The second kappa shape index (κ2) is 2.82. The summed E-state index contributed by atoms with van der Waals surface area (Å²) in [6.45, 7) is 0. The Hall–Kier alpha value is -0.560. The van der Waals surface area contributed by atoms with Crippen LogP contribution in [-0.4, -0.2) is 6.04 Å². The summed E-state index contributed by atoms with van der Waals surface area (Å²) in [6, 6.07) is 0.323. The molecule has 0 aromatic heterocycles. The fraction of sp³-hybridized carbons (Fsp3) is 0.600. The van der Waals surface area contributed by atoms with Crippen molar-refractivity contribution in [2.24, 2.45) is 11.7 Å². The Morgan fingerprint density at radius 2 is 2.18 bits per heavy atom. The minimum Gasteiger partial charge on any atom is -0.324 e. The highest BCUT2D eigenvalue weighted by atomic mass is 14.6. The smallest absolute Gasteiger partial charge is 0.0229 e. The van der Waals surface area contributed by atoms with Gasteiger partial charge in [0, 0.05) is 6.04 Å². The number of allylic oxidation sites excluding steroid dienone is 3. The molecule has 1 heteroatoms. The van der Waals surface area contributed by atoms with E-state index in [2.05, 4.69) is 18.2 Å². The highest BCUT2D eigenvalue weighted by Gasteiger charge is 2.20. The van der Waals surface area contributed by atoms with Crippen LogP contribution in [0.4, 0.5) is 0 Å². The van der Waals surface area contributed by atoms with E-state index < -0.39 is 0 Å². The van der Waals surface area contributed by atoms with Crippen molar-refractivity contribution in [3.63, 3.8) is 0 Å². The Labute approximate surface area is 68.0 Å². The third kappa shape index (κ3) is 1.38. The van der Waals surface area contributed by atoms with Crippen LogP contribution in [0.3, 0.4) is 0 Å². The Balaban J connectivity index is 2.22. The summed E-state index contributed by atoms with van der Waals surface area (Å²) in [5, 5.41) is 0. The fourth-order valence-corrected chi connectivity index (χ4v) is 2.05. The SMILES string of the molecule is NC1C=C2C=CCCC2CC1. The minimum atomic E-state index is 0.323. The molecule has 2 N–H and O–H groups in total. The molecular weight excluding hydrogens is 134 g/mol. The maximum atomic E-state index is 5.83. The Morgan fingerprint density at radius 3 is 3.09 bits per heavy atom. The molecule has 0 saturated heterocycles. The number of hydrogen-bond donors (Lipinski definition) is 1. The molecule has 0 aromatic rings. The van der Waals surface area contributed by atoms with Crippen molar-refractivity contribution in [3.05, 3.63) is 23.8 Å². The molecule has 0 saturated carbocycles. The van der Waals surface area contributed by atoms with Crippen LogP contribution in [0.15, 0.2) is 23.8 Å². The Kier molecular flexibility index (Phi) is 1.82. The molecule has 0 bridgehead atoms. The van der Waals surface area contributed by atoms with Crippen LogP contribution in [0, 0.1) is 5.92 Å². The second-order valence-electron chi connectivity index (χ2n) is 3.58. The molecule has 0 aliphatic heterocycles. The van der Waals surface area contributed by atoms with Gasteiger partial charge in [-0.15, -0.1) is 0 Å². The predicted molar refractivity (Wildman–Crippen MR) is 47.2 cm³/mol. The molecule has 2 aliphatic carbocycles. The van der Waals surface area contributed by atoms with Gasteiger partial charge in [0.1, 0.15) is 0 Å². The van der Waals surface area contributed by atoms with Gasteiger partial charge >= 0.3 is 0 Å². The lowest BCUT2D eigenvalue weighted by Crippen LogP contribution is -2.25. The number of rotatable bonds is 0. The summed E-state index contributed by atoms with van der Waals surface area (Å²) in [5.74, 6) is 0.833. The van der Waals surface area contributed by atoms with Crippen molar-refractivity contribution in [2.45, 2.75) is 31.7 Å². The topological polar surface area (TPSA) is 26.0 Å².